The van der Waals surface area contributed by atoms with Crippen LogP contribution < -0.4 is 5.32 Å². The molecule has 0 bridgehead atoms. The Morgan fingerprint density at radius 1 is 1.25 bits per heavy atom. The molecule has 3 rings (SSSR count). The molecule has 4 atom stereocenters. The van der Waals surface area contributed by atoms with Crippen LogP contribution in [0.4, 0.5) is 0 Å². The van der Waals surface area contributed by atoms with E-state index in [1.165, 1.54) is 6.92 Å². The van der Waals surface area contributed by atoms with Crippen molar-refractivity contribution in [3.63, 3.8) is 0 Å². The highest BCUT2D eigenvalue weighted by atomic mass is 16.6. The number of hydrogen-bond acceptors (Lipinski definition) is 4. The van der Waals surface area contributed by atoms with Crippen LogP contribution in [0.2, 0.25) is 0 Å². The van der Waals surface area contributed by atoms with Crippen LogP contribution in [0.1, 0.15) is 12.5 Å². The minimum atomic E-state index is -0.0975. The maximum absolute atomic E-state index is 11.1. The summed E-state index contributed by atoms with van der Waals surface area (Å²) in [5.74, 6) is -0.0588. The minimum absolute atomic E-state index is 0.0588. The molecule has 1 amide bonds. The van der Waals surface area contributed by atoms with Crippen molar-refractivity contribution in [2.45, 2.75) is 37.9 Å². The molecule has 108 valence electrons. The molecule has 5 heteroatoms. The van der Waals surface area contributed by atoms with Crippen LogP contribution in [0.5, 0.6) is 0 Å². The van der Waals surface area contributed by atoms with Crippen LogP contribution in [0.3, 0.4) is 0 Å². The second kappa shape index (κ2) is 5.91. The summed E-state index contributed by atoms with van der Waals surface area (Å²) in [6, 6.07) is 9.96. The molecular formula is C15H19NO4. The van der Waals surface area contributed by atoms with E-state index in [1.807, 2.05) is 30.3 Å². The van der Waals surface area contributed by atoms with Gasteiger partial charge in [-0.1, -0.05) is 30.3 Å². The predicted octanol–water partition coefficient (Wildman–Crippen LogP) is 0.874. The highest BCUT2D eigenvalue weighted by Crippen LogP contribution is 2.29. The van der Waals surface area contributed by atoms with E-state index in [2.05, 4.69) is 5.32 Å². The third-order valence-corrected chi connectivity index (χ3v) is 3.70. The molecule has 0 aromatic heterocycles. The Hall–Kier alpha value is -1.43. The van der Waals surface area contributed by atoms with E-state index in [0.717, 1.165) is 5.56 Å². The maximum atomic E-state index is 11.1. The van der Waals surface area contributed by atoms with Crippen LogP contribution in [0.15, 0.2) is 30.3 Å². The van der Waals surface area contributed by atoms with Crippen molar-refractivity contribution in [1.29, 1.82) is 0 Å². The highest BCUT2D eigenvalue weighted by molar-refractivity contribution is 5.73. The first-order valence-electron chi connectivity index (χ1n) is 6.90. The monoisotopic (exact) mass is 277 g/mol. The molecule has 0 unspecified atom stereocenters. The number of nitrogens with one attached hydrogen (secondary N) is 1. The summed E-state index contributed by atoms with van der Waals surface area (Å²) >= 11 is 0. The number of rotatable bonds is 4. The first kappa shape index (κ1) is 13.5. The Morgan fingerprint density at radius 3 is 2.75 bits per heavy atom. The summed E-state index contributed by atoms with van der Waals surface area (Å²) in [6.07, 6.45) is -0.255. The average molecular weight is 277 g/mol. The van der Waals surface area contributed by atoms with Gasteiger partial charge < -0.3 is 19.5 Å². The molecule has 5 nitrogen and oxygen atoms in total. The Kier molecular flexibility index (Phi) is 4.00. The number of fused-ring (bicyclic) bond motifs is 1. The molecule has 0 spiro atoms. The summed E-state index contributed by atoms with van der Waals surface area (Å²) in [5.41, 5.74) is 1.13. The molecule has 0 aliphatic carbocycles. The fraction of sp³-hybridized carbons (Fsp3) is 0.533. The van der Waals surface area contributed by atoms with Gasteiger partial charge in [-0.3, -0.25) is 4.79 Å². The molecule has 2 aliphatic heterocycles. The van der Waals surface area contributed by atoms with E-state index in [1.54, 1.807) is 0 Å². The van der Waals surface area contributed by atoms with Gasteiger partial charge >= 0.3 is 0 Å². The lowest BCUT2D eigenvalue weighted by molar-refractivity contribution is -0.120. The topological polar surface area (TPSA) is 56.8 Å². The molecule has 0 radical (unpaired) electrons. The van der Waals surface area contributed by atoms with Gasteiger partial charge in [0.1, 0.15) is 18.3 Å². The van der Waals surface area contributed by atoms with Gasteiger partial charge in [0.25, 0.3) is 0 Å². The summed E-state index contributed by atoms with van der Waals surface area (Å²) < 4.78 is 17.3. The highest BCUT2D eigenvalue weighted by Gasteiger charge is 2.48. The first-order chi connectivity index (χ1) is 9.74. The van der Waals surface area contributed by atoms with Crippen molar-refractivity contribution in [2.75, 3.05) is 13.2 Å². The quantitative estimate of drug-likeness (QED) is 0.887. The van der Waals surface area contributed by atoms with E-state index in [0.29, 0.717) is 19.8 Å². The van der Waals surface area contributed by atoms with Gasteiger partial charge in [-0.15, -0.1) is 0 Å². The van der Waals surface area contributed by atoms with Gasteiger partial charge in [-0.25, -0.2) is 0 Å². The van der Waals surface area contributed by atoms with Crippen LogP contribution in [-0.2, 0) is 25.6 Å². The number of carbonyl (C=O) groups excluding carboxylic acids is 1. The normalized spacial score (nSPS) is 32.0. The lowest BCUT2D eigenvalue weighted by atomic mass is 10.1. The lowest BCUT2D eigenvalue weighted by Crippen LogP contribution is -2.43. The Labute approximate surface area is 118 Å². The van der Waals surface area contributed by atoms with Crippen molar-refractivity contribution in [1.82, 2.24) is 5.32 Å². The second-order valence-corrected chi connectivity index (χ2v) is 5.24. The van der Waals surface area contributed by atoms with Crippen LogP contribution in [0, 0.1) is 0 Å². The molecule has 20 heavy (non-hydrogen) atoms. The fourth-order valence-electron chi connectivity index (χ4n) is 2.77. The molecule has 2 fully saturated rings. The van der Waals surface area contributed by atoms with Crippen LogP contribution in [0.25, 0.3) is 0 Å². The third kappa shape index (κ3) is 2.85. The number of carbonyl (C=O) groups is 1. The number of amides is 1. The third-order valence-electron chi connectivity index (χ3n) is 3.70. The van der Waals surface area contributed by atoms with E-state index < -0.39 is 0 Å². The standard InChI is InChI=1S/C15H19NO4/c1-10(17)16-12-8-19-15-13(9-20-14(12)15)18-7-11-5-3-2-4-6-11/h2-6,12-15H,7-9H2,1H3,(H,16,17)/t12-,13+,14+,15+/m0/s1. The van der Waals surface area contributed by atoms with Gasteiger partial charge in [-0.2, -0.15) is 0 Å². The van der Waals surface area contributed by atoms with Crippen molar-refractivity contribution < 1.29 is 19.0 Å². The zero-order chi connectivity index (χ0) is 13.9. The van der Waals surface area contributed by atoms with E-state index in [9.17, 15) is 4.79 Å². The fourth-order valence-corrected chi connectivity index (χ4v) is 2.77. The zero-order valence-electron chi connectivity index (χ0n) is 11.5. The number of benzene rings is 1. The second-order valence-electron chi connectivity index (χ2n) is 5.24. The molecule has 1 aromatic carbocycles. The summed E-state index contributed by atoms with van der Waals surface area (Å²) in [7, 11) is 0. The molecule has 0 saturated carbocycles. The molecule has 2 heterocycles. The average Bonchev–Trinajstić information content (AvgIpc) is 3.01. The van der Waals surface area contributed by atoms with Gasteiger partial charge in [0.15, 0.2) is 0 Å². The SMILES string of the molecule is CC(=O)N[C@H]1CO[C@H]2[C@@H]1OC[C@H]2OCc1ccccc1. The Morgan fingerprint density at radius 2 is 2.00 bits per heavy atom. The number of hydrogen-bond donors (Lipinski definition) is 1. The lowest BCUT2D eigenvalue weighted by Gasteiger charge is -2.17. The van der Waals surface area contributed by atoms with Crippen molar-refractivity contribution in [3.05, 3.63) is 35.9 Å². The van der Waals surface area contributed by atoms with Crippen LogP contribution in [-0.4, -0.2) is 43.5 Å². The first-order valence-corrected chi connectivity index (χ1v) is 6.90. The number of ether oxygens (including phenoxy) is 3. The minimum Gasteiger partial charge on any atom is -0.370 e. The summed E-state index contributed by atoms with van der Waals surface area (Å²) in [6.45, 7) is 3.05. The van der Waals surface area contributed by atoms with Gasteiger partial charge in [-0.05, 0) is 5.56 Å². The van der Waals surface area contributed by atoms with Crippen LogP contribution >= 0.6 is 0 Å². The smallest absolute Gasteiger partial charge is 0.217 e. The molecule has 1 N–H and O–H groups in total. The predicted molar refractivity (Wildman–Crippen MR) is 72.1 cm³/mol. The maximum Gasteiger partial charge on any atom is 0.217 e. The molecule has 2 saturated heterocycles. The van der Waals surface area contributed by atoms with Gasteiger partial charge in [0.05, 0.1) is 25.9 Å². The Balaban J connectivity index is 1.54. The Bertz CT molecular complexity index is 464. The largest absolute Gasteiger partial charge is 0.370 e. The van der Waals surface area contributed by atoms with Crippen molar-refractivity contribution >= 4 is 5.91 Å². The van der Waals surface area contributed by atoms with Crippen molar-refractivity contribution in [2.24, 2.45) is 0 Å². The van der Waals surface area contributed by atoms with E-state index >= 15 is 0 Å². The van der Waals surface area contributed by atoms with Crippen molar-refractivity contribution in [3.8, 4) is 0 Å². The van der Waals surface area contributed by atoms with Gasteiger partial charge in [0, 0.05) is 6.92 Å². The summed E-state index contributed by atoms with van der Waals surface area (Å²) in [4.78, 5) is 11.1. The van der Waals surface area contributed by atoms with E-state index in [4.69, 9.17) is 14.2 Å². The molecule has 2 aliphatic rings. The molecule has 1 aromatic rings. The summed E-state index contributed by atoms with van der Waals surface area (Å²) in [5, 5.41) is 2.86. The zero-order valence-corrected chi connectivity index (χ0v) is 11.5. The van der Waals surface area contributed by atoms with E-state index in [-0.39, 0.29) is 30.3 Å². The van der Waals surface area contributed by atoms with Gasteiger partial charge in [0.2, 0.25) is 5.91 Å². The molecular weight excluding hydrogens is 258 g/mol.